The third kappa shape index (κ3) is 3.73. The molecule has 184 valence electrons. The Bertz CT molecular complexity index is 1430. The van der Waals surface area contributed by atoms with E-state index in [2.05, 4.69) is 20.3 Å². The maximum absolute atomic E-state index is 13.7. The quantitative estimate of drug-likeness (QED) is 0.406. The van der Waals surface area contributed by atoms with Crippen molar-refractivity contribution in [2.45, 2.75) is 71.1 Å². The number of alkyl halides is 2. The van der Waals surface area contributed by atoms with Gasteiger partial charge in [-0.05, 0) is 45.6 Å². The number of amides is 1. The summed E-state index contributed by atoms with van der Waals surface area (Å²) in [6, 6.07) is 4.36. The SMILES string of the molecule is CCn1c(C(=O)N(C2CC2)C2CC2)cc2c3c(ncn3C)c(Nc3cc(C)n(CC(F)F)n3)nc21. The second kappa shape index (κ2) is 8.03. The molecule has 9 nitrogen and oxygen atoms in total. The monoisotopic (exact) mass is 482 g/mol. The Morgan fingerprint density at radius 1 is 1.23 bits per heavy atom. The van der Waals surface area contributed by atoms with Crippen molar-refractivity contribution in [3.63, 3.8) is 0 Å². The van der Waals surface area contributed by atoms with Gasteiger partial charge >= 0.3 is 0 Å². The van der Waals surface area contributed by atoms with Gasteiger partial charge < -0.3 is 19.4 Å². The predicted molar refractivity (Wildman–Crippen MR) is 128 cm³/mol. The first-order valence-corrected chi connectivity index (χ1v) is 12.1. The lowest BCUT2D eigenvalue weighted by molar-refractivity contribution is 0.0719. The van der Waals surface area contributed by atoms with Gasteiger partial charge in [0.05, 0.1) is 11.8 Å². The summed E-state index contributed by atoms with van der Waals surface area (Å²) >= 11 is 0. The Kier molecular flexibility index (Phi) is 5.05. The van der Waals surface area contributed by atoms with Crippen LogP contribution >= 0.6 is 0 Å². The zero-order valence-electron chi connectivity index (χ0n) is 20.0. The van der Waals surface area contributed by atoms with Crippen LogP contribution in [0.4, 0.5) is 20.4 Å². The van der Waals surface area contributed by atoms with E-state index in [0.717, 1.165) is 36.6 Å². The summed E-state index contributed by atoms with van der Waals surface area (Å²) in [6.07, 6.45) is 3.51. The molecule has 4 heterocycles. The Morgan fingerprint density at radius 3 is 2.57 bits per heavy atom. The van der Waals surface area contributed by atoms with Crippen molar-refractivity contribution in [1.82, 2.24) is 33.8 Å². The average Bonchev–Trinajstić information content (AvgIpc) is 3.72. The number of nitrogens with one attached hydrogen (secondary N) is 1. The minimum absolute atomic E-state index is 0.0704. The number of hydrogen-bond donors (Lipinski definition) is 1. The number of aromatic nitrogens is 6. The molecule has 2 fully saturated rings. The Hall–Kier alpha value is -3.50. The number of imidazole rings is 1. The van der Waals surface area contributed by atoms with Gasteiger partial charge in [0, 0.05) is 42.8 Å². The van der Waals surface area contributed by atoms with E-state index in [1.54, 1.807) is 19.3 Å². The molecule has 0 radical (unpaired) electrons. The lowest BCUT2D eigenvalue weighted by Gasteiger charge is -2.22. The molecule has 0 aromatic carbocycles. The number of carbonyl (C=O) groups excluding carboxylic acids is 1. The Labute approximate surface area is 200 Å². The first-order valence-electron chi connectivity index (χ1n) is 12.1. The molecule has 0 bridgehead atoms. The van der Waals surface area contributed by atoms with Crippen LogP contribution in [0.1, 0.15) is 48.8 Å². The molecular weight excluding hydrogens is 454 g/mol. The van der Waals surface area contributed by atoms with Gasteiger partial charge in [0.25, 0.3) is 12.3 Å². The molecule has 2 saturated carbocycles. The van der Waals surface area contributed by atoms with Crippen LogP contribution in [0.3, 0.4) is 0 Å². The van der Waals surface area contributed by atoms with Crippen molar-refractivity contribution in [2.75, 3.05) is 5.32 Å². The van der Waals surface area contributed by atoms with Crippen molar-refractivity contribution in [1.29, 1.82) is 0 Å². The van der Waals surface area contributed by atoms with E-state index in [9.17, 15) is 13.6 Å². The highest BCUT2D eigenvalue weighted by molar-refractivity contribution is 6.10. The van der Waals surface area contributed by atoms with E-state index in [1.165, 1.54) is 4.68 Å². The summed E-state index contributed by atoms with van der Waals surface area (Å²) in [7, 11) is 1.91. The van der Waals surface area contributed by atoms with E-state index in [4.69, 9.17) is 4.98 Å². The molecule has 1 N–H and O–H groups in total. The summed E-state index contributed by atoms with van der Waals surface area (Å²) in [5, 5.41) is 8.32. The van der Waals surface area contributed by atoms with Crippen LogP contribution in [-0.2, 0) is 20.1 Å². The number of hydrogen-bond acceptors (Lipinski definition) is 5. The zero-order valence-corrected chi connectivity index (χ0v) is 20.0. The topological polar surface area (TPSA) is 85.8 Å². The van der Waals surface area contributed by atoms with Crippen LogP contribution in [-0.4, -0.2) is 58.2 Å². The van der Waals surface area contributed by atoms with Gasteiger partial charge in [0.15, 0.2) is 11.6 Å². The lowest BCUT2D eigenvalue weighted by Crippen LogP contribution is -2.36. The first-order chi connectivity index (χ1) is 16.9. The van der Waals surface area contributed by atoms with E-state index < -0.39 is 13.0 Å². The van der Waals surface area contributed by atoms with Crippen LogP contribution in [0.2, 0.25) is 0 Å². The first kappa shape index (κ1) is 22.0. The Balaban J connectivity index is 1.46. The second-order valence-electron chi connectivity index (χ2n) is 9.57. The summed E-state index contributed by atoms with van der Waals surface area (Å²) in [5.41, 5.74) is 3.44. The third-order valence-electron chi connectivity index (χ3n) is 6.89. The zero-order chi connectivity index (χ0) is 24.4. The highest BCUT2D eigenvalue weighted by Crippen LogP contribution is 2.39. The number of aryl methyl sites for hydroxylation is 3. The molecule has 4 aromatic heterocycles. The van der Waals surface area contributed by atoms with Crippen molar-refractivity contribution < 1.29 is 13.6 Å². The fourth-order valence-electron chi connectivity index (χ4n) is 4.97. The van der Waals surface area contributed by atoms with Crippen molar-refractivity contribution >= 4 is 39.6 Å². The molecule has 0 saturated heterocycles. The molecule has 35 heavy (non-hydrogen) atoms. The van der Waals surface area contributed by atoms with Gasteiger partial charge in [0.1, 0.15) is 23.4 Å². The number of nitrogens with zero attached hydrogens (tertiary/aromatic N) is 7. The maximum atomic E-state index is 13.7. The number of anilines is 2. The number of carbonyl (C=O) groups is 1. The molecule has 0 spiro atoms. The minimum atomic E-state index is -2.49. The smallest absolute Gasteiger partial charge is 0.271 e. The molecule has 1 amide bonds. The van der Waals surface area contributed by atoms with Crippen LogP contribution in [0.15, 0.2) is 18.5 Å². The van der Waals surface area contributed by atoms with E-state index in [0.29, 0.717) is 52.8 Å². The maximum Gasteiger partial charge on any atom is 0.271 e. The van der Waals surface area contributed by atoms with Gasteiger partial charge in [0.2, 0.25) is 0 Å². The lowest BCUT2D eigenvalue weighted by atomic mass is 10.2. The van der Waals surface area contributed by atoms with Crippen molar-refractivity contribution in [2.24, 2.45) is 7.05 Å². The fraction of sp³-hybridized carbons (Fsp3) is 0.500. The highest BCUT2D eigenvalue weighted by Gasteiger charge is 2.43. The number of rotatable bonds is 8. The number of fused-ring (bicyclic) bond motifs is 3. The predicted octanol–water partition coefficient (Wildman–Crippen LogP) is 4.22. The van der Waals surface area contributed by atoms with Gasteiger partial charge in [-0.15, -0.1) is 0 Å². The number of halogens is 2. The van der Waals surface area contributed by atoms with Gasteiger partial charge in [-0.3, -0.25) is 9.48 Å². The fourth-order valence-corrected chi connectivity index (χ4v) is 4.97. The van der Waals surface area contributed by atoms with E-state index in [1.807, 2.05) is 29.2 Å². The third-order valence-corrected chi connectivity index (χ3v) is 6.89. The largest absolute Gasteiger partial charge is 0.333 e. The van der Waals surface area contributed by atoms with Crippen LogP contribution in [0.5, 0.6) is 0 Å². The molecule has 2 aliphatic carbocycles. The summed E-state index contributed by atoms with van der Waals surface area (Å²) < 4.78 is 31.0. The summed E-state index contributed by atoms with van der Waals surface area (Å²) in [6.45, 7) is 3.86. The van der Waals surface area contributed by atoms with E-state index in [-0.39, 0.29) is 5.91 Å². The molecule has 0 aliphatic heterocycles. The Morgan fingerprint density at radius 2 is 1.94 bits per heavy atom. The molecule has 4 aromatic rings. The molecule has 11 heteroatoms. The van der Waals surface area contributed by atoms with Gasteiger partial charge in [-0.1, -0.05) is 0 Å². The minimum Gasteiger partial charge on any atom is -0.333 e. The van der Waals surface area contributed by atoms with Gasteiger partial charge in [-0.2, -0.15) is 5.10 Å². The van der Waals surface area contributed by atoms with Crippen molar-refractivity contribution in [3.05, 3.63) is 29.8 Å². The summed E-state index contributed by atoms with van der Waals surface area (Å²) in [4.78, 5) is 25.2. The molecule has 0 atom stereocenters. The van der Waals surface area contributed by atoms with Crippen LogP contribution in [0, 0.1) is 6.92 Å². The number of pyridine rings is 1. The van der Waals surface area contributed by atoms with E-state index >= 15 is 0 Å². The van der Waals surface area contributed by atoms with Crippen LogP contribution in [0.25, 0.3) is 22.1 Å². The van der Waals surface area contributed by atoms with Crippen molar-refractivity contribution in [3.8, 4) is 0 Å². The highest BCUT2D eigenvalue weighted by atomic mass is 19.3. The van der Waals surface area contributed by atoms with Crippen LogP contribution < -0.4 is 5.32 Å². The second-order valence-corrected chi connectivity index (χ2v) is 9.57. The average molecular weight is 483 g/mol. The normalized spacial score (nSPS) is 16.1. The molecular formula is C24H28F2N8O. The molecule has 2 aliphatic rings. The summed E-state index contributed by atoms with van der Waals surface area (Å²) in [5.74, 6) is 0.963. The molecule has 0 unspecified atom stereocenters. The van der Waals surface area contributed by atoms with Gasteiger partial charge in [-0.25, -0.2) is 18.7 Å². The molecule has 6 rings (SSSR count). The standard InChI is InChI=1S/C24H28F2N8O/c1-4-32-17(24(35)34(14-5-6-14)15-7-8-15)10-16-21-20(27-12-31(21)3)22(29-23(16)32)28-19-9-13(2)33(30-19)11-18(25)26/h9-10,12,14-15,18H,4-8,11H2,1-3H3,(H,28,29,30).